The molecule has 1 aliphatic rings. The van der Waals surface area contributed by atoms with Gasteiger partial charge in [0.15, 0.2) is 17.1 Å². The average Bonchev–Trinajstić information content (AvgIpc) is 3.14. The minimum atomic E-state index is -0.209. The molecule has 5 rings (SSSR count). The molecule has 2 N–H and O–H groups in total. The van der Waals surface area contributed by atoms with Gasteiger partial charge in [-0.15, -0.1) is 0 Å². The predicted octanol–water partition coefficient (Wildman–Crippen LogP) is 3.06. The molecule has 0 aliphatic carbocycles. The van der Waals surface area contributed by atoms with E-state index in [0.717, 1.165) is 41.0 Å². The third kappa shape index (κ3) is 4.32. The molecule has 0 unspecified atom stereocenters. The smallest absolute Gasteiger partial charge is 0.327 e. The number of hydrogen-bond donors (Lipinski definition) is 2. The zero-order chi connectivity index (χ0) is 22.8. The maximum absolute atomic E-state index is 12.7. The molecule has 0 bridgehead atoms. The lowest BCUT2D eigenvalue weighted by Gasteiger charge is -2.18. The third-order valence-corrected chi connectivity index (χ3v) is 5.75. The molecule has 33 heavy (non-hydrogen) atoms. The normalized spacial score (nSPS) is 12.6. The number of rotatable bonds is 6. The van der Waals surface area contributed by atoms with E-state index in [9.17, 15) is 9.59 Å². The van der Waals surface area contributed by atoms with Gasteiger partial charge in [-0.2, -0.15) is 0 Å². The number of pyridine rings is 1. The fourth-order valence-electron chi connectivity index (χ4n) is 3.94. The number of benzene rings is 2. The van der Waals surface area contributed by atoms with Crippen LogP contribution in [0, 0.1) is 0 Å². The molecule has 0 fully saturated rings. The number of aromatic amines is 1. The van der Waals surface area contributed by atoms with Gasteiger partial charge in [0.25, 0.3) is 5.91 Å². The van der Waals surface area contributed by atoms with Crippen LogP contribution in [0.1, 0.15) is 22.3 Å². The Labute approximate surface area is 190 Å². The minimum absolute atomic E-state index is 0.123. The van der Waals surface area contributed by atoms with E-state index in [1.807, 2.05) is 42.5 Å². The zero-order valence-electron chi connectivity index (χ0n) is 18.3. The molecule has 2 aromatic carbocycles. The second kappa shape index (κ2) is 8.82. The van der Waals surface area contributed by atoms with E-state index in [1.165, 1.54) is 4.57 Å². The second-order valence-corrected chi connectivity index (χ2v) is 8.00. The highest BCUT2D eigenvalue weighted by molar-refractivity contribution is 5.95. The standard InChI is InChI=1S/C25H24N4O4/c1-29-20-14-19(15-27-23(20)28-25(29)31)17-5-2-6-18(13-17)24(30)26-9-3-4-16-7-8-21-22(12-16)33-11-10-32-21/h2,5-8,12-15H,3-4,9-11H2,1H3,(H,26,30)(H,27,28,31). The maximum Gasteiger partial charge on any atom is 0.327 e. The quantitative estimate of drug-likeness (QED) is 0.446. The van der Waals surface area contributed by atoms with Crippen molar-refractivity contribution in [3.8, 4) is 22.6 Å². The summed E-state index contributed by atoms with van der Waals surface area (Å²) in [5.74, 6) is 1.44. The Bertz CT molecular complexity index is 1390. The molecule has 8 nitrogen and oxygen atoms in total. The molecule has 1 aliphatic heterocycles. The highest BCUT2D eigenvalue weighted by Crippen LogP contribution is 2.31. The van der Waals surface area contributed by atoms with Crippen LogP contribution in [-0.2, 0) is 13.5 Å². The topological polar surface area (TPSA) is 98.2 Å². The Morgan fingerprint density at radius 1 is 1.09 bits per heavy atom. The lowest BCUT2D eigenvalue weighted by molar-refractivity contribution is 0.0953. The van der Waals surface area contributed by atoms with Gasteiger partial charge in [-0.3, -0.25) is 14.3 Å². The number of ether oxygens (including phenoxy) is 2. The largest absolute Gasteiger partial charge is 0.486 e. The van der Waals surface area contributed by atoms with Gasteiger partial charge in [0.1, 0.15) is 13.2 Å². The Morgan fingerprint density at radius 3 is 2.82 bits per heavy atom. The molecule has 4 aromatic rings. The van der Waals surface area contributed by atoms with Crippen molar-refractivity contribution < 1.29 is 14.3 Å². The van der Waals surface area contributed by atoms with Crippen molar-refractivity contribution >= 4 is 17.1 Å². The molecule has 0 radical (unpaired) electrons. The zero-order valence-corrected chi connectivity index (χ0v) is 18.3. The summed E-state index contributed by atoms with van der Waals surface area (Å²) in [5.41, 5.74) is 4.48. The number of fused-ring (bicyclic) bond motifs is 2. The number of imidazole rings is 1. The molecule has 0 saturated carbocycles. The number of carbonyl (C=O) groups excluding carboxylic acids is 1. The summed E-state index contributed by atoms with van der Waals surface area (Å²) >= 11 is 0. The molecule has 0 spiro atoms. The van der Waals surface area contributed by atoms with Gasteiger partial charge in [0.2, 0.25) is 0 Å². The predicted molar refractivity (Wildman–Crippen MR) is 125 cm³/mol. The van der Waals surface area contributed by atoms with Crippen molar-refractivity contribution in [1.82, 2.24) is 19.9 Å². The first-order valence-corrected chi connectivity index (χ1v) is 10.9. The Morgan fingerprint density at radius 2 is 1.94 bits per heavy atom. The molecule has 0 saturated heterocycles. The molecule has 168 valence electrons. The summed E-state index contributed by atoms with van der Waals surface area (Å²) in [6.45, 7) is 1.71. The van der Waals surface area contributed by atoms with Crippen molar-refractivity contribution in [3.05, 3.63) is 76.3 Å². The highest BCUT2D eigenvalue weighted by atomic mass is 16.6. The Balaban J connectivity index is 1.21. The Hall–Kier alpha value is -4.07. The van der Waals surface area contributed by atoms with Crippen LogP contribution in [0.25, 0.3) is 22.3 Å². The molecule has 1 amide bonds. The van der Waals surface area contributed by atoms with Crippen LogP contribution >= 0.6 is 0 Å². The number of H-pyrrole nitrogens is 1. The Kier molecular flexibility index (Phi) is 5.56. The van der Waals surface area contributed by atoms with Gasteiger partial charge in [-0.1, -0.05) is 18.2 Å². The molecule has 0 atom stereocenters. The van der Waals surface area contributed by atoms with E-state index in [2.05, 4.69) is 15.3 Å². The van der Waals surface area contributed by atoms with Crippen molar-refractivity contribution in [2.75, 3.05) is 19.8 Å². The third-order valence-electron chi connectivity index (χ3n) is 5.75. The summed E-state index contributed by atoms with van der Waals surface area (Å²) in [5, 5.41) is 2.99. The fraction of sp³-hybridized carbons (Fsp3) is 0.240. The van der Waals surface area contributed by atoms with Gasteiger partial charge in [0, 0.05) is 30.9 Å². The molecule has 8 heteroatoms. The first kappa shape index (κ1) is 20.8. The van der Waals surface area contributed by atoms with Crippen molar-refractivity contribution in [2.24, 2.45) is 7.05 Å². The summed E-state index contributed by atoms with van der Waals surface area (Å²) in [6.07, 6.45) is 3.34. The van der Waals surface area contributed by atoms with Crippen LogP contribution in [0.3, 0.4) is 0 Å². The average molecular weight is 444 g/mol. The SMILES string of the molecule is Cn1c(=O)[nH]c2ncc(-c3cccc(C(=O)NCCCc4ccc5c(c4)OCCO5)c3)cc21. The molecular weight excluding hydrogens is 420 g/mol. The van der Waals surface area contributed by atoms with E-state index in [-0.39, 0.29) is 11.6 Å². The summed E-state index contributed by atoms with van der Waals surface area (Å²) in [4.78, 5) is 31.5. The summed E-state index contributed by atoms with van der Waals surface area (Å²) in [7, 11) is 1.70. The fourth-order valence-corrected chi connectivity index (χ4v) is 3.94. The number of amides is 1. The maximum atomic E-state index is 12.7. The lowest BCUT2D eigenvalue weighted by Crippen LogP contribution is -2.24. The van der Waals surface area contributed by atoms with Gasteiger partial charge in [-0.05, 0) is 54.3 Å². The number of hydrogen-bond acceptors (Lipinski definition) is 5. The monoisotopic (exact) mass is 444 g/mol. The van der Waals surface area contributed by atoms with E-state index in [4.69, 9.17) is 9.47 Å². The summed E-state index contributed by atoms with van der Waals surface area (Å²) in [6, 6.07) is 15.3. The number of nitrogens with zero attached hydrogens (tertiary/aromatic N) is 2. The number of aryl methyl sites for hydroxylation is 2. The van der Waals surface area contributed by atoms with Crippen LogP contribution in [0.4, 0.5) is 0 Å². The number of aromatic nitrogens is 3. The molecule has 3 heterocycles. The van der Waals surface area contributed by atoms with E-state index in [1.54, 1.807) is 19.3 Å². The van der Waals surface area contributed by atoms with Crippen molar-refractivity contribution in [2.45, 2.75) is 12.8 Å². The van der Waals surface area contributed by atoms with Crippen LogP contribution in [0.5, 0.6) is 11.5 Å². The minimum Gasteiger partial charge on any atom is -0.486 e. The summed E-state index contributed by atoms with van der Waals surface area (Å²) < 4.78 is 12.7. The van der Waals surface area contributed by atoms with Crippen molar-refractivity contribution in [1.29, 1.82) is 0 Å². The van der Waals surface area contributed by atoms with Crippen LogP contribution in [0.2, 0.25) is 0 Å². The van der Waals surface area contributed by atoms with Gasteiger partial charge >= 0.3 is 5.69 Å². The van der Waals surface area contributed by atoms with Crippen molar-refractivity contribution in [3.63, 3.8) is 0 Å². The lowest BCUT2D eigenvalue weighted by atomic mass is 10.0. The molecular formula is C25H24N4O4. The van der Waals surface area contributed by atoms with Gasteiger partial charge < -0.3 is 14.8 Å². The number of carbonyl (C=O) groups is 1. The van der Waals surface area contributed by atoms with Gasteiger partial charge in [0.05, 0.1) is 5.52 Å². The van der Waals surface area contributed by atoms with E-state index in [0.29, 0.717) is 36.5 Å². The van der Waals surface area contributed by atoms with E-state index >= 15 is 0 Å². The molecule has 2 aromatic heterocycles. The van der Waals surface area contributed by atoms with Gasteiger partial charge in [-0.25, -0.2) is 9.78 Å². The number of nitrogens with one attached hydrogen (secondary N) is 2. The van der Waals surface area contributed by atoms with Crippen LogP contribution in [0.15, 0.2) is 59.5 Å². The highest BCUT2D eigenvalue weighted by Gasteiger charge is 2.12. The first-order valence-electron chi connectivity index (χ1n) is 10.9. The second-order valence-electron chi connectivity index (χ2n) is 8.00. The van der Waals surface area contributed by atoms with Crippen LogP contribution in [-0.4, -0.2) is 40.2 Å². The first-order chi connectivity index (χ1) is 16.1. The van der Waals surface area contributed by atoms with E-state index < -0.39 is 0 Å². The van der Waals surface area contributed by atoms with Crippen LogP contribution < -0.4 is 20.5 Å².